The first-order valence-corrected chi connectivity index (χ1v) is 4.84. The van der Waals surface area contributed by atoms with Gasteiger partial charge in [0, 0.05) is 0 Å². The van der Waals surface area contributed by atoms with Gasteiger partial charge >= 0.3 is 0 Å². The molecule has 1 aromatic carbocycles. The van der Waals surface area contributed by atoms with Crippen molar-refractivity contribution < 1.29 is 9.84 Å². The fourth-order valence-corrected chi connectivity index (χ4v) is 1.44. The summed E-state index contributed by atoms with van der Waals surface area (Å²) in [5.74, 6) is 0. The fraction of sp³-hybridized carbons (Fsp3) is 0.333. The Labute approximate surface area is 83.8 Å². The van der Waals surface area contributed by atoms with Crippen LogP contribution in [0.3, 0.4) is 0 Å². The molecule has 1 aliphatic heterocycles. The van der Waals surface area contributed by atoms with Gasteiger partial charge in [-0.2, -0.15) is 0 Å². The second-order valence-corrected chi connectivity index (χ2v) is 3.57. The summed E-state index contributed by atoms with van der Waals surface area (Å²) in [5, 5.41) is 9.61. The summed E-state index contributed by atoms with van der Waals surface area (Å²) < 4.78 is 5.17. The number of benzene rings is 1. The smallest absolute Gasteiger partial charge is 0.113 e. The minimum absolute atomic E-state index is 0.00466. The molecule has 74 valence electrons. The third-order valence-corrected chi connectivity index (χ3v) is 2.38. The van der Waals surface area contributed by atoms with Crippen molar-refractivity contribution in [1.82, 2.24) is 0 Å². The second-order valence-electron chi connectivity index (χ2n) is 3.57. The molecule has 1 fully saturated rings. The lowest BCUT2D eigenvalue weighted by Gasteiger charge is -1.99. The minimum Gasteiger partial charge on any atom is -0.386 e. The van der Waals surface area contributed by atoms with Crippen molar-refractivity contribution in [2.75, 3.05) is 0 Å². The van der Waals surface area contributed by atoms with Gasteiger partial charge in [-0.15, -0.1) is 0 Å². The van der Waals surface area contributed by atoms with Crippen LogP contribution in [-0.2, 0) is 4.74 Å². The molecule has 1 N–H and O–H groups in total. The first-order valence-electron chi connectivity index (χ1n) is 4.84. The molecule has 2 nitrogen and oxygen atoms in total. The molecular weight excluding hydrogens is 176 g/mol. The lowest BCUT2D eigenvalue weighted by Crippen LogP contribution is -2.12. The van der Waals surface area contributed by atoms with Gasteiger partial charge in [0.2, 0.25) is 0 Å². The molecule has 3 atom stereocenters. The first-order chi connectivity index (χ1) is 6.77. The quantitative estimate of drug-likeness (QED) is 0.738. The van der Waals surface area contributed by atoms with Gasteiger partial charge in [-0.3, -0.25) is 0 Å². The monoisotopic (exact) mass is 190 g/mol. The summed E-state index contributed by atoms with van der Waals surface area (Å²) in [5.41, 5.74) is 1.10. The van der Waals surface area contributed by atoms with E-state index in [1.165, 1.54) is 0 Å². The zero-order valence-corrected chi connectivity index (χ0v) is 8.13. The molecule has 1 saturated heterocycles. The van der Waals surface area contributed by atoms with Crippen molar-refractivity contribution in [3.8, 4) is 0 Å². The van der Waals surface area contributed by atoms with E-state index in [9.17, 15) is 5.11 Å². The van der Waals surface area contributed by atoms with Crippen LogP contribution in [0.4, 0.5) is 0 Å². The molecule has 0 bridgehead atoms. The molecule has 1 aliphatic rings. The molecule has 0 radical (unpaired) electrons. The third kappa shape index (κ3) is 2.22. The van der Waals surface area contributed by atoms with Gasteiger partial charge in [0.1, 0.15) is 12.2 Å². The number of epoxide rings is 1. The molecule has 14 heavy (non-hydrogen) atoms. The Morgan fingerprint density at radius 2 is 2.00 bits per heavy atom. The van der Waals surface area contributed by atoms with Crippen LogP contribution < -0.4 is 0 Å². The maximum Gasteiger partial charge on any atom is 0.113 e. The summed E-state index contributed by atoms with van der Waals surface area (Å²) in [6, 6.07) is 9.92. The Kier molecular flexibility index (Phi) is 2.66. The van der Waals surface area contributed by atoms with E-state index in [4.69, 9.17) is 4.74 Å². The Bertz CT molecular complexity index is 318. The van der Waals surface area contributed by atoms with Crippen LogP contribution in [0.25, 0.3) is 6.08 Å². The summed E-state index contributed by atoms with van der Waals surface area (Å²) >= 11 is 0. The van der Waals surface area contributed by atoms with Crippen LogP contribution in [0, 0.1) is 0 Å². The maximum absolute atomic E-state index is 9.61. The Balaban J connectivity index is 1.94. The second kappa shape index (κ2) is 3.95. The van der Waals surface area contributed by atoms with E-state index in [0.29, 0.717) is 0 Å². The normalized spacial score (nSPS) is 27.9. The van der Waals surface area contributed by atoms with Crippen molar-refractivity contribution in [1.29, 1.82) is 0 Å². The molecule has 0 amide bonds. The Hall–Kier alpha value is -1.12. The van der Waals surface area contributed by atoms with Gasteiger partial charge < -0.3 is 9.84 Å². The SMILES string of the molecule is C[C@@H]1O[C@@H]1[C@H](O)/C=C/c1ccccc1. The summed E-state index contributed by atoms with van der Waals surface area (Å²) in [6.07, 6.45) is 3.41. The summed E-state index contributed by atoms with van der Waals surface area (Å²) in [7, 11) is 0. The van der Waals surface area contributed by atoms with Crippen molar-refractivity contribution >= 4 is 6.08 Å². The molecule has 0 aliphatic carbocycles. The molecular formula is C12H14O2. The van der Waals surface area contributed by atoms with E-state index in [1.807, 2.05) is 43.3 Å². The average molecular weight is 190 g/mol. The predicted molar refractivity (Wildman–Crippen MR) is 55.8 cm³/mol. The number of hydrogen-bond donors (Lipinski definition) is 1. The Morgan fingerprint density at radius 3 is 2.57 bits per heavy atom. The molecule has 1 aromatic rings. The van der Waals surface area contributed by atoms with E-state index in [2.05, 4.69) is 0 Å². The van der Waals surface area contributed by atoms with E-state index in [0.717, 1.165) is 5.56 Å². The van der Waals surface area contributed by atoms with E-state index < -0.39 is 6.10 Å². The van der Waals surface area contributed by atoms with E-state index in [1.54, 1.807) is 6.08 Å². The van der Waals surface area contributed by atoms with Crippen LogP contribution >= 0.6 is 0 Å². The summed E-state index contributed by atoms with van der Waals surface area (Å²) in [4.78, 5) is 0. The topological polar surface area (TPSA) is 32.8 Å². The van der Waals surface area contributed by atoms with Gasteiger partial charge in [-0.05, 0) is 12.5 Å². The molecule has 0 unspecified atom stereocenters. The van der Waals surface area contributed by atoms with Crippen LogP contribution in [0.2, 0.25) is 0 Å². The Morgan fingerprint density at radius 1 is 1.36 bits per heavy atom. The van der Waals surface area contributed by atoms with Crippen molar-refractivity contribution in [2.45, 2.75) is 25.2 Å². The number of aliphatic hydroxyl groups is 1. The molecule has 0 saturated carbocycles. The van der Waals surface area contributed by atoms with Crippen LogP contribution in [0.1, 0.15) is 12.5 Å². The largest absolute Gasteiger partial charge is 0.386 e. The van der Waals surface area contributed by atoms with Gasteiger partial charge in [-0.25, -0.2) is 0 Å². The first kappa shape index (κ1) is 9.44. The van der Waals surface area contributed by atoms with Crippen LogP contribution in [0.15, 0.2) is 36.4 Å². The standard InChI is InChI=1S/C12H14O2/c1-9-12(14-9)11(13)8-7-10-5-3-2-4-6-10/h2-9,11-13H,1H3/b8-7+/t9-,11+,12-/m0/s1. The van der Waals surface area contributed by atoms with Crippen LogP contribution in [-0.4, -0.2) is 23.4 Å². The molecule has 2 heteroatoms. The van der Waals surface area contributed by atoms with Crippen LogP contribution in [0.5, 0.6) is 0 Å². The highest BCUT2D eigenvalue weighted by atomic mass is 16.6. The van der Waals surface area contributed by atoms with Crippen molar-refractivity contribution in [3.05, 3.63) is 42.0 Å². The lowest BCUT2D eigenvalue weighted by atomic mass is 10.1. The highest BCUT2D eigenvalue weighted by Gasteiger charge is 2.39. The molecule has 1 heterocycles. The summed E-state index contributed by atoms with van der Waals surface area (Å²) in [6.45, 7) is 1.96. The maximum atomic E-state index is 9.61. The predicted octanol–water partition coefficient (Wildman–Crippen LogP) is 1.85. The van der Waals surface area contributed by atoms with Gasteiger partial charge in [0.25, 0.3) is 0 Å². The average Bonchev–Trinajstić information content (AvgIpc) is 2.94. The highest BCUT2D eigenvalue weighted by Crippen LogP contribution is 2.25. The molecule has 2 rings (SSSR count). The van der Waals surface area contributed by atoms with Gasteiger partial charge in [0.05, 0.1) is 6.10 Å². The van der Waals surface area contributed by atoms with Crippen molar-refractivity contribution in [2.24, 2.45) is 0 Å². The number of ether oxygens (including phenoxy) is 1. The van der Waals surface area contributed by atoms with Gasteiger partial charge in [0.15, 0.2) is 0 Å². The molecule has 0 aromatic heterocycles. The van der Waals surface area contributed by atoms with Crippen molar-refractivity contribution in [3.63, 3.8) is 0 Å². The zero-order chi connectivity index (χ0) is 9.97. The van der Waals surface area contributed by atoms with E-state index >= 15 is 0 Å². The number of aliphatic hydroxyl groups excluding tert-OH is 1. The third-order valence-electron chi connectivity index (χ3n) is 2.38. The lowest BCUT2D eigenvalue weighted by molar-refractivity contribution is 0.178. The number of hydrogen-bond acceptors (Lipinski definition) is 2. The van der Waals surface area contributed by atoms with Gasteiger partial charge in [-0.1, -0.05) is 42.5 Å². The fourth-order valence-electron chi connectivity index (χ4n) is 1.44. The van der Waals surface area contributed by atoms with E-state index in [-0.39, 0.29) is 12.2 Å². The highest BCUT2D eigenvalue weighted by molar-refractivity contribution is 5.49. The zero-order valence-electron chi connectivity index (χ0n) is 8.13. The molecule has 0 spiro atoms. The number of rotatable bonds is 3. The minimum atomic E-state index is -0.481.